The van der Waals surface area contributed by atoms with Crippen LogP contribution in [0.4, 0.5) is 12.9 Å². The lowest BCUT2D eigenvalue weighted by molar-refractivity contribution is 0.468. The molecule has 0 aliphatic carbocycles. The molecule has 0 bridgehead atoms. The molecule has 0 aromatic heterocycles. The molecule has 0 saturated carbocycles. The van der Waals surface area contributed by atoms with Gasteiger partial charge in [0.15, 0.2) is 0 Å². The molecular weight excluding hydrogens is 212 g/mol. The maximum atomic E-state index is 12.0. The van der Waals surface area contributed by atoms with E-state index in [0.29, 0.717) is 4.90 Å². The van der Waals surface area contributed by atoms with Crippen LogP contribution in [-0.2, 0) is 17.1 Å². The highest BCUT2D eigenvalue weighted by Gasteiger charge is 2.22. The van der Waals surface area contributed by atoms with Crippen LogP contribution in [0.1, 0.15) is 5.56 Å². The molecule has 0 heterocycles. The van der Waals surface area contributed by atoms with Gasteiger partial charge in [0.25, 0.3) is 0 Å². The summed E-state index contributed by atoms with van der Waals surface area (Å²) < 4.78 is 46.9. The van der Waals surface area contributed by atoms with Crippen LogP contribution in [0.5, 0.6) is 0 Å². The highest BCUT2D eigenvalue weighted by atomic mass is 32.2. The van der Waals surface area contributed by atoms with Gasteiger partial charge in [-0.15, -0.1) is 0 Å². The van der Waals surface area contributed by atoms with Crippen LogP contribution in [0.25, 0.3) is 0 Å². The Balaban J connectivity index is 2.79. The first kappa shape index (κ1) is 11.3. The van der Waals surface area contributed by atoms with Crippen LogP contribution < -0.4 is 0 Å². The van der Waals surface area contributed by atoms with Gasteiger partial charge >= 0.3 is 6.98 Å². The summed E-state index contributed by atoms with van der Waals surface area (Å²) in [4.78, 5) is 0.545. The van der Waals surface area contributed by atoms with Crippen LogP contribution in [0.2, 0.25) is 0 Å². The summed E-state index contributed by atoms with van der Waals surface area (Å²) in [5.41, 5.74) is 0.215. The number of hydrogen-bond donors (Lipinski definition) is 0. The topological polar surface area (TPSA) is 17.1 Å². The van der Waals surface area contributed by atoms with E-state index < -0.39 is 24.1 Å². The fourth-order valence-electron chi connectivity index (χ4n) is 1.08. The van der Waals surface area contributed by atoms with Crippen LogP contribution >= 0.6 is 0 Å². The lowest BCUT2D eigenvalue weighted by atomic mass is 9.82. The molecule has 1 rings (SSSR count). The van der Waals surface area contributed by atoms with E-state index in [1.165, 1.54) is 30.5 Å². The molecule has 78 valence electrons. The van der Waals surface area contributed by atoms with Crippen molar-refractivity contribution in [2.75, 3.05) is 6.26 Å². The fraction of sp³-hybridized carbons (Fsp3) is 0.250. The molecule has 0 saturated heterocycles. The van der Waals surface area contributed by atoms with E-state index in [-0.39, 0.29) is 5.56 Å². The molecule has 1 aromatic carbocycles. The molecule has 1 aromatic rings. The zero-order valence-corrected chi connectivity index (χ0v) is 8.36. The lowest BCUT2D eigenvalue weighted by Gasteiger charge is -2.13. The van der Waals surface area contributed by atoms with Crippen LogP contribution in [0.15, 0.2) is 29.2 Å². The predicted octanol–water partition coefficient (Wildman–Crippen LogP) is 2.35. The van der Waals surface area contributed by atoms with Crippen molar-refractivity contribution in [2.45, 2.75) is 11.2 Å². The molecule has 1 nitrogen and oxygen atoms in total. The SMILES string of the molecule is CS(=O)c1ccc(C[B-](F)(F)F)cc1. The average molecular weight is 221 g/mol. The average Bonchev–Trinajstić information content (AvgIpc) is 2.02. The van der Waals surface area contributed by atoms with Gasteiger partial charge in [0, 0.05) is 22.0 Å². The van der Waals surface area contributed by atoms with Crippen molar-refractivity contribution in [1.29, 1.82) is 0 Å². The van der Waals surface area contributed by atoms with E-state index in [4.69, 9.17) is 0 Å². The van der Waals surface area contributed by atoms with Gasteiger partial charge in [-0.2, -0.15) is 0 Å². The second-order valence-electron chi connectivity index (χ2n) is 3.01. The van der Waals surface area contributed by atoms with E-state index in [2.05, 4.69) is 0 Å². The van der Waals surface area contributed by atoms with Gasteiger partial charge in [0.1, 0.15) is 0 Å². The Morgan fingerprint density at radius 1 is 1.21 bits per heavy atom. The van der Waals surface area contributed by atoms with Crippen LogP contribution in [0, 0.1) is 0 Å². The molecule has 1 unspecified atom stereocenters. The van der Waals surface area contributed by atoms with E-state index in [1.54, 1.807) is 0 Å². The third kappa shape index (κ3) is 3.53. The Hall–Kier alpha value is -0.775. The van der Waals surface area contributed by atoms with Gasteiger partial charge in [-0.1, -0.05) is 24.0 Å². The Bertz CT molecular complexity index is 333. The van der Waals surface area contributed by atoms with Gasteiger partial charge in [0.2, 0.25) is 0 Å². The van der Waals surface area contributed by atoms with Gasteiger partial charge in [-0.05, 0) is 12.1 Å². The Labute approximate surface area is 82.8 Å². The molecular formula is C8H9BF3OS-. The third-order valence-corrected chi connectivity index (χ3v) is 2.66. The summed E-state index contributed by atoms with van der Waals surface area (Å²) in [6.45, 7) is -4.79. The minimum absolute atomic E-state index is 0.215. The van der Waals surface area contributed by atoms with Crippen molar-refractivity contribution in [1.82, 2.24) is 0 Å². The largest absolute Gasteiger partial charge is 0.482 e. The van der Waals surface area contributed by atoms with Gasteiger partial charge in [0.05, 0.1) is 0 Å². The number of halogens is 3. The molecule has 0 amide bonds. The summed E-state index contributed by atoms with van der Waals surface area (Å²) in [6, 6.07) is 5.67. The second kappa shape index (κ2) is 4.17. The fourth-order valence-corrected chi connectivity index (χ4v) is 1.60. The standard InChI is InChI=1S/C8H9BF3OS/c1-14(13)8-4-2-7(3-5-8)6-9(10,11)12/h2-5H,6H2,1H3/q-1. The van der Waals surface area contributed by atoms with Gasteiger partial charge in [-0.25, -0.2) is 0 Å². The summed E-state index contributed by atoms with van der Waals surface area (Å²) >= 11 is 0. The monoisotopic (exact) mass is 221 g/mol. The van der Waals surface area contributed by atoms with Gasteiger partial charge < -0.3 is 12.9 Å². The van der Waals surface area contributed by atoms with Crippen molar-refractivity contribution in [3.05, 3.63) is 29.8 Å². The lowest BCUT2D eigenvalue weighted by Crippen LogP contribution is -2.19. The number of rotatable bonds is 3. The molecule has 6 heteroatoms. The van der Waals surface area contributed by atoms with E-state index in [0.717, 1.165) is 0 Å². The third-order valence-electron chi connectivity index (χ3n) is 1.72. The van der Waals surface area contributed by atoms with Crippen molar-refractivity contribution in [3.8, 4) is 0 Å². The molecule has 14 heavy (non-hydrogen) atoms. The highest BCUT2D eigenvalue weighted by molar-refractivity contribution is 7.84. The first-order valence-electron chi connectivity index (χ1n) is 4.02. The van der Waals surface area contributed by atoms with E-state index in [1.807, 2.05) is 0 Å². The van der Waals surface area contributed by atoms with Crippen LogP contribution in [-0.4, -0.2) is 17.4 Å². The minimum atomic E-state index is -4.79. The molecule has 0 aliphatic rings. The first-order chi connectivity index (χ1) is 6.38. The summed E-state index contributed by atoms with van der Waals surface area (Å²) in [5, 5.41) is 0. The second-order valence-corrected chi connectivity index (χ2v) is 4.39. The number of benzene rings is 1. The highest BCUT2D eigenvalue weighted by Crippen LogP contribution is 2.17. The zero-order valence-electron chi connectivity index (χ0n) is 7.54. The number of hydrogen-bond acceptors (Lipinski definition) is 1. The Morgan fingerprint density at radius 2 is 1.71 bits per heavy atom. The van der Waals surface area contributed by atoms with Crippen LogP contribution in [0.3, 0.4) is 0 Å². The molecule has 1 atom stereocenters. The van der Waals surface area contributed by atoms with Crippen molar-refractivity contribution >= 4 is 17.8 Å². The summed E-state index contributed by atoms with van der Waals surface area (Å²) in [5.74, 6) is 0. The molecule has 0 N–H and O–H groups in total. The maximum Gasteiger partial charge on any atom is 0.482 e. The minimum Gasteiger partial charge on any atom is -0.449 e. The smallest absolute Gasteiger partial charge is 0.449 e. The maximum absolute atomic E-state index is 12.0. The normalized spacial score (nSPS) is 14.0. The molecule has 0 fully saturated rings. The Morgan fingerprint density at radius 3 is 2.07 bits per heavy atom. The first-order valence-corrected chi connectivity index (χ1v) is 5.57. The van der Waals surface area contributed by atoms with Crippen molar-refractivity contribution in [2.24, 2.45) is 0 Å². The summed E-state index contributed by atoms with van der Waals surface area (Å²) in [6.07, 6.45) is 0.610. The predicted molar refractivity (Wildman–Crippen MR) is 51.6 cm³/mol. The Kier molecular flexibility index (Phi) is 3.36. The van der Waals surface area contributed by atoms with Crippen molar-refractivity contribution in [3.63, 3.8) is 0 Å². The zero-order chi connectivity index (χ0) is 10.8. The van der Waals surface area contributed by atoms with Crippen molar-refractivity contribution < 1.29 is 17.2 Å². The van der Waals surface area contributed by atoms with Gasteiger partial charge in [-0.3, -0.25) is 4.21 Å². The molecule has 0 aliphatic heterocycles. The molecule has 0 spiro atoms. The molecule has 0 radical (unpaired) electrons. The van der Waals surface area contributed by atoms with E-state index >= 15 is 0 Å². The summed E-state index contributed by atoms with van der Waals surface area (Å²) in [7, 11) is -1.14. The quantitative estimate of drug-likeness (QED) is 0.716. The van der Waals surface area contributed by atoms with E-state index in [9.17, 15) is 17.2 Å².